The van der Waals surface area contributed by atoms with Gasteiger partial charge in [0.25, 0.3) is 0 Å². The molecule has 0 radical (unpaired) electrons. The molecule has 2 rings (SSSR count). The monoisotopic (exact) mass is 267 g/mol. The molecule has 0 aromatic carbocycles. The first-order chi connectivity index (χ1) is 9.27. The molecule has 2 fully saturated rings. The van der Waals surface area contributed by atoms with Gasteiger partial charge in [0.15, 0.2) is 0 Å². The molecule has 2 N–H and O–H groups in total. The number of nitrogens with zero attached hydrogens (tertiary/aromatic N) is 1. The Bertz CT molecular complexity index is 278. The highest BCUT2D eigenvalue weighted by atomic mass is 16.2. The van der Waals surface area contributed by atoms with Crippen LogP contribution in [0.3, 0.4) is 0 Å². The summed E-state index contributed by atoms with van der Waals surface area (Å²) in [7, 11) is 0. The Morgan fingerprint density at radius 2 is 1.95 bits per heavy atom. The molecule has 0 aliphatic carbocycles. The first-order valence-corrected chi connectivity index (χ1v) is 7.53. The summed E-state index contributed by atoms with van der Waals surface area (Å²) in [4.78, 5) is 25.7. The van der Waals surface area contributed by atoms with Crippen LogP contribution in [-0.4, -0.2) is 49.4 Å². The van der Waals surface area contributed by atoms with E-state index < -0.39 is 0 Å². The fraction of sp³-hybridized carbons (Fsp3) is 0.857. The van der Waals surface area contributed by atoms with Crippen LogP contribution in [0.25, 0.3) is 0 Å². The average molecular weight is 267 g/mol. The third-order valence-corrected chi connectivity index (χ3v) is 4.01. The summed E-state index contributed by atoms with van der Waals surface area (Å²) in [6, 6.07) is 0. The van der Waals surface area contributed by atoms with Crippen molar-refractivity contribution in [3.63, 3.8) is 0 Å². The molecule has 0 saturated carbocycles. The van der Waals surface area contributed by atoms with Crippen molar-refractivity contribution in [3.8, 4) is 0 Å². The van der Waals surface area contributed by atoms with Crippen molar-refractivity contribution >= 4 is 11.8 Å². The minimum absolute atomic E-state index is 0.0823. The lowest BCUT2D eigenvalue weighted by Crippen LogP contribution is -2.42. The lowest BCUT2D eigenvalue weighted by molar-refractivity contribution is -0.132. The summed E-state index contributed by atoms with van der Waals surface area (Å²) < 4.78 is 0. The van der Waals surface area contributed by atoms with Crippen LogP contribution in [0, 0.1) is 5.92 Å². The quantitative estimate of drug-likeness (QED) is 0.780. The zero-order valence-corrected chi connectivity index (χ0v) is 11.6. The van der Waals surface area contributed by atoms with E-state index in [1.54, 1.807) is 0 Å². The number of hydrogen-bond acceptors (Lipinski definition) is 3. The summed E-state index contributed by atoms with van der Waals surface area (Å²) in [5.41, 5.74) is 0. The van der Waals surface area contributed by atoms with Gasteiger partial charge in [0, 0.05) is 32.6 Å². The number of carbonyl (C=O) groups excluding carboxylic acids is 2. The maximum atomic E-state index is 11.9. The van der Waals surface area contributed by atoms with E-state index in [0.29, 0.717) is 13.0 Å². The van der Waals surface area contributed by atoms with Gasteiger partial charge in [-0.25, -0.2) is 0 Å². The Labute approximate surface area is 115 Å². The second-order valence-electron chi connectivity index (χ2n) is 5.53. The van der Waals surface area contributed by atoms with Crippen LogP contribution >= 0.6 is 0 Å². The highest BCUT2D eigenvalue weighted by Gasteiger charge is 2.21. The van der Waals surface area contributed by atoms with Crippen molar-refractivity contribution in [1.82, 2.24) is 15.5 Å². The van der Waals surface area contributed by atoms with Gasteiger partial charge in [0.05, 0.1) is 5.92 Å². The molecular formula is C14H25N3O2. The molecule has 2 aliphatic heterocycles. The van der Waals surface area contributed by atoms with E-state index in [2.05, 4.69) is 10.6 Å². The average Bonchev–Trinajstić information content (AvgIpc) is 2.49. The molecule has 0 spiro atoms. The Morgan fingerprint density at radius 3 is 2.63 bits per heavy atom. The fourth-order valence-electron chi connectivity index (χ4n) is 2.81. The van der Waals surface area contributed by atoms with Gasteiger partial charge >= 0.3 is 0 Å². The van der Waals surface area contributed by atoms with Crippen molar-refractivity contribution in [2.45, 2.75) is 38.5 Å². The zero-order valence-electron chi connectivity index (χ0n) is 11.6. The number of piperidine rings is 2. The number of likely N-dealkylation sites (tertiary alicyclic amines) is 1. The third kappa shape index (κ3) is 4.49. The van der Waals surface area contributed by atoms with Gasteiger partial charge in [-0.15, -0.1) is 0 Å². The number of carbonyl (C=O) groups is 2. The Morgan fingerprint density at radius 1 is 1.16 bits per heavy atom. The van der Waals surface area contributed by atoms with Gasteiger partial charge < -0.3 is 15.5 Å². The molecule has 5 heteroatoms. The minimum Gasteiger partial charge on any atom is -0.355 e. The van der Waals surface area contributed by atoms with Crippen molar-refractivity contribution in [2.75, 3.05) is 32.7 Å². The van der Waals surface area contributed by atoms with Crippen LogP contribution in [0.5, 0.6) is 0 Å². The SMILES string of the molecule is O=C(NCCC(=O)N1CCCCC1)C1CCCNC1. The molecule has 2 heterocycles. The highest BCUT2D eigenvalue weighted by molar-refractivity contribution is 5.80. The van der Waals surface area contributed by atoms with Gasteiger partial charge in [0.1, 0.15) is 0 Å². The van der Waals surface area contributed by atoms with Crippen LogP contribution in [-0.2, 0) is 9.59 Å². The molecule has 0 bridgehead atoms. The molecule has 0 aromatic heterocycles. The molecule has 2 aliphatic rings. The van der Waals surface area contributed by atoms with E-state index in [-0.39, 0.29) is 17.7 Å². The lowest BCUT2D eigenvalue weighted by Gasteiger charge is -2.27. The van der Waals surface area contributed by atoms with Crippen LogP contribution in [0.1, 0.15) is 38.5 Å². The second-order valence-corrected chi connectivity index (χ2v) is 5.53. The standard InChI is InChI=1S/C14H25N3O2/c18-13(17-9-2-1-3-10-17)6-8-16-14(19)12-5-4-7-15-11-12/h12,15H,1-11H2,(H,16,19). The summed E-state index contributed by atoms with van der Waals surface area (Å²) in [6.07, 6.45) is 5.92. The maximum absolute atomic E-state index is 11.9. The first kappa shape index (κ1) is 14.3. The normalized spacial score (nSPS) is 24.0. The number of nitrogens with one attached hydrogen (secondary N) is 2. The molecule has 2 saturated heterocycles. The minimum atomic E-state index is 0.0823. The van der Waals surface area contributed by atoms with E-state index >= 15 is 0 Å². The molecule has 2 amide bonds. The molecule has 1 atom stereocenters. The van der Waals surface area contributed by atoms with Gasteiger partial charge in [-0.1, -0.05) is 0 Å². The number of hydrogen-bond donors (Lipinski definition) is 2. The van der Waals surface area contributed by atoms with E-state index in [9.17, 15) is 9.59 Å². The Balaban J connectivity index is 1.62. The third-order valence-electron chi connectivity index (χ3n) is 4.01. The molecule has 19 heavy (non-hydrogen) atoms. The van der Waals surface area contributed by atoms with Crippen molar-refractivity contribution in [3.05, 3.63) is 0 Å². The van der Waals surface area contributed by atoms with Crippen molar-refractivity contribution < 1.29 is 9.59 Å². The molecule has 108 valence electrons. The predicted octanol–water partition coefficient (Wildman–Crippen LogP) is 0.505. The van der Waals surface area contributed by atoms with Crippen LogP contribution < -0.4 is 10.6 Å². The largest absolute Gasteiger partial charge is 0.355 e. The van der Waals surface area contributed by atoms with E-state index in [0.717, 1.165) is 51.9 Å². The van der Waals surface area contributed by atoms with Gasteiger partial charge in [-0.3, -0.25) is 9.59 Å². The smallest absolute Gasteiger partial charge is 0.224 e. The second kappa shape index (κ2) is 7.48. The number of amides is 2. The lowest BCUT2D eigenvalue weighted by atomic mass is 9.99. The van der Waals surface area contributed by atoms with Crippen LogP contribution in [0.15, 0.2) is 0 Å². The summed E-state index contributed by atoms with van der Waals surface area (Å²) in [5, 5.41) is 6.13. The maximum Gasteiger partial charge on any atom is 0.224 e. The van der Waals surface area contributed by atoms with E-state index in [1.165, 1.54) is 6.42 Å². The van der Waals surface area contributed by atoms with Gasteiger partial charge in [0.2, 0.25) is 11.8 Å². The summed E-state index contributed by atoms with van der Waals surface area (Å²) in [6.45, 7) is 4.03. The first-order valence-electron chi connectivity index (χ1n) is 7.53. The van der Waals surface area contributed by atoms with E-state index in [4.69, 9.17) is 0 Å². The van der Waals surface area contributed by atoms with Crippen molar-refractivity contribution in [2.24, 2.45) is 5.92 Å². The summed E-state index contributed by atoms with van der Waals surface area (Å²) in [5.74, 6) is 0.360. The van der Waals surface area contributed by atoms with Crippen LogP contribution in [0.2, 0.25) is 0 Å². The topological polar surface area (TPSA) is 61.4 Å². The molecule has 0 aromatic rings. The molecular weight excluding hydrogens is 242 g/mol. The molecule has 5 nitrogen and oxygen atoms in total. The Hall–Kier alpha value is -1.10. The Kier molecular flexibility index (Phi) is 5.63. The molecule has 1 unspecified atom stereocenters. The highest BCUT2D eigenvalue weighted by Crippen LogP contribution is 2.11. The number of rotatable bonds is 4. The predicted molar refractivity (Wildman–Crippen MR) is 73.7 cm³/mol. The van der Waals surface area contributed by atoms with Gasteiger partial charge in [-0.05, 0) is 38.6 Å². The van der Waals surface area contributed by atoms with E-state index in [1.807, 2.05) is 4.90 Å². The zero-order chi connectivity index (χ0) is 13.5. The fourth-order valence-corrected chi connectivity index (χ4v) is 2.81. The van der Waals surface area contributed by atoms with Crippen molar-refractivity contribution in [1.29, 1.82) is 0 Å². The van der Waals surface area contributed by atoms with Gasteiger partial charge in [-0.2, -0.15) is 0 Å². The van der Waals surface area contributed by atoms with Crippen LogP contribution in [0.4, 0.5) is 0 Å². The summed E-state index contributed by atoms with van der Waals surface area (Å²) >= 11 is 0.